The van der Waals surface area contributed by atoms with Crippen molar-refractivity contribution in [2.45, 2.75) is 45.6 Å². The molecule has 1 aromatic heterocycles. The predicted octanol–water partition coefficient (Wildman–Crippen LogP) is 3.02. The Hall–Kier alpha value is -1.76. The highest BCUT2D eigenvalue weighted by Crippen LogP contribution is 2.37. The highest BCUT2D eigenvalue weighted by molar-refractivity contribution is 5.85. The number of rotatable bonds is 3. The van der Waals surface area contributed by atoms with Gasteiger partial charge in [0.1, 0.15) is 16.9 Å². The van der Waals surface area contributed by atoms with Crippen LogP contribution in [0.2, 0.25) is 0 Å². The van der Waals surface area contributed by atoms with Gasteiger partial charge in [0.05, 0.1) is 12.6 Å². The van der Waals surface area contributed by atoms with Crippen LogP contribution in [0.1, 0.15) is 43.6 Å². The van der Waals surface area contributed by atoms with Crippen molar-refractivity contribution in [2.75, 3.05) is 7.05 Å². The van der Waals surface area contributed by atoms with Gasteiger partial charge < -0.3 is 9.32 Å². The molecule has 1 aliphatic carbocycles. The van der Waals surface area contributed by atoms with E-state index in [0.717, 1.165) is 30.8 Å². The Morgan fingerprint density at radius 3 is 2.63 bits per heavy atom. The predicted molar refractivity (Wildman–Crippen MR) is 71.1 cm³/mol. The summed E-state index contributed by atoms with van der Waals surface area (Å²) < 4.78 is 5.48. The lowest BCUT2D eigenvalue weighted by Crippen LogP contribution is -2.42. The van der Waals surface area contributed by atoms with E-state index in [4.69, 9.17) is 4.42 Å². The van der Waals surface area contributed by atoms with Crippen molar-refractivity contribution in [1.29, 1.82) is 5.26 Å². The van der Waals surface area contributed by atoms with Gasteiger partial charge in [-0.1, -0.05) is 19.3 Å². The second kappa shape index (κ2) is 5.48. The zero-order valence-electron chi connectivity index (χ0n) is 11.6. The van der Waals surface area contributed by atoms with E-state index in [1.165, 1.54) is 0 Å². The van der Waals surface area contributed by atoms with E-state index in [1.54, 1.807) is 11.9 Å². The third-order valence-corrected chi connectivity index (χ3v) is 3.87. The van der Waals surface area contributed by atoms with Gasteiger partial charge in [-0.15, -0.1) is 0 Å². The second-order valence-electron chi connectivity index (χ2n) is 5.43. The van der Waals surface area contributed by atoms with Gasteiger partial charge in [0.15, 0.2) is 0 Å². The molecule has 102 valence electrons. The highest BCUT2D eigenvalue weighted by Gasteiger charge is 2.41. The number of hydrogen-bond acceptors (Lipinski definition) is 3. The maximum absolute atomic E-state index is 12.5. The van der Waals surface area contributed by atoms with Crippen LogP contribution in [0.4, 0.5) is 0 Å². The topological polar surface area (TPSA) is 57.2 Å². The smallest absolute Gasteiger partial charge is 0.243 e. The highest BCUT2D eigenvalue weighted by atomic mass is 16.3. The van der Waals surface area contributed by atoms with Crippen molar-refractivity contribution in [3.63, 3.8) is 0 Å². The van der Waals surface area contributed by atoms with Gasteiger partial charge in [-0.3, -0.25) is 4.79 Å². The molecule has 0 saturated heterocycles. The van der Waals surface area contributed by atoms with Crippen molar-refractivity contribution in [2.24, 2.45) is 5.41 Å². The number of carbonyl (C=O) groups is 1. The van der Waals surface area contributed by atoms with Crippen molar-refractivity contribution in [1.82, 2.24) is 4.90 Å². The minimum Gasteiger partial charge on any atom is -0.464 e. The zero-order chi connectivity index (χ0) is 13.9. The molecule has 0 aromatic carbocycles. The van der Waals surface area contributed by atoms with E-state index in [2.05, 4.69) is 6.07 Å². The van der Waals surface area contributed by atoms with Crippen LogP contribution in [-0.2, 0) is 11.3 Å². The number of amides is 1. The molecule has 0 aliphatic heterocycles. The Morgan fingerprint density at radius 2 is 2.11 bits per heavy atom. The first-order chi connectivity index (χ1) is 9.07. The maximum Gasteiger partial charge on any atom is 0.243 e. The van der Waals surface area contributed by atoms with Crippen LogP contribution >= 0.6 is 0 Å². The average molecular weight is 260 g/mol. The fourth-order valence-corrected chi connectivity index (χ4v) is 2.77. The van der Waals surface area contributed by atoms with Crippen LogP contribution in [0.3, 0.4) is 0 Å². The lowest BCUT2D eigenvalue weighted by molar-refractivity contribution is -0.140. The molecule has 1 aliphatic rings. The van der Waals surface area contributed by atoms with E-state index in [1.807, 2.05) is 19.1 Å². The molecule has 1 heterocycles. The molecule has 0 bridgehead atoms. The molecule has 1 amide bonds. The Kier molecular flexibility index (Phi) is 3.94. The number of nitrogens with zero attached hydrogens (tertiary/aromatic N) is 2. The van der Waals surface area contributed by atoms with Gasteiger partial charge in [0.25, 0.3) is 0 Å². The molecular formula is C15H20N2O2. The van der Waals surface area contributed by atoms with E-state index < -0.39 is 5.41 Å². The number of nitriles is 1. The first-order valence-electron chi connectivity index (χ1n) is 6.79. The molecule has 4 heteroatoms. The lowest BCUT2D eigenvalue weighted by Gasteiger charge is -2.32. The molecule has 0 atom stereocenters. The van der Waals surface area contributed by atoms with Crippen molar-refractivity contribution < 1.29 is 9.21 Å². The third kappa shape index (κ3) is 2.81. The normalized spacial score (nSPS) is 17.7. The Bertz CT molecular complexity index is 492. The maximum atomic E-state index is 12.5. The van der Waals surface area contributed by atoms with Gasteiger partial charge in [0.2, 0.25) is 5.91 Å². The van der Waals surface area contributed by atoms with Gasteiger partial charge in [0, 0.05) is 7.05 Å². The number of hydrogen-bond donors (Lipinski definition) is 0. The van der Waals surface area contributed by atoms with Crippen molar-refractivity contribution in [3.05, 3.63) is 23.7 Å². The molecule has 0 radical (unpaired) electrons. The molecule has 2 rings (SSSR count). The summed E-state index contributed by atoms with van der Waals surface area (Å²) in [5, 5.41) is 9.41. The van der Waals surface area contributed by atoms with E-state index >= 15 is 0 Å². The van der Waals surface area contributed by atoms with Gasteiger partial charge in [-0.2, -0.15) is 5.26 Å². The van der Waals surface area contributed by atoms with Gasteiger partial charge in [-0.25, -0.2) is 0 Å². The molecule has 1 fully saturated rings. The Morgan fingerprint density at radius 1 is 1.42 bits per heavy atom. The van der Waals surface area contributed by atoms with E-state index in [9.17, 15) is 10.1 Å². The van der Waals surface area contributed by atoms with Gasteiger partial charge >= 0.3 is 0 Å². The molecule has 19 heavy (non-hydrogen) atoms. The Labute approximate surface area is 114 Å². The number of aryl methyl sites for hydroxylation is 1. The van der Waals surface area contributed by atoms with Crippen LogP contribution in [-0.4, -0.2) is 17.9 Å². The molecule has 0 N–H and O–H groups in total. The lowest BCUT2D eigenvalue weighted by atomic mass is 9.74. The summed E-state index contributed by atoms with van der Waals surface area (Å²) in [5.74, 6) is 1.53. The number of furan rings is 1. The first-order valence-corrected chi connectivity index (χ1v) is 6.79. The van der Waals surface area contributed by atoms with Crippen LogP contribution in [0.5, 0.6) is 0 Å². The minimum atomic E-state index is -0.811. The average Bonchev–Trinajstić information content (AvgIpc) is 2.84. The summed E-state index contributed by atoms with van der Waals surface area (Å²) in [5.41, 5.74) is -0.811. The number of carbonyl (C=O) groups excluding carboxylic acids is 1. The molecule has 0 spiro atoms. The standard InChI is InChI=1S/C15H20N2O2/c1-12-6-7-13(19-12)10-17(2)14(18)15(11-16)8-4-3-5-9-15/h6-7H,3-5,8-10H2,1-2H3. The molecular weight excluding hydrogens is 240 g/mol. The third-order valence-electron chi connectivity index (χ3n) is 3.87. The summed E-state index contributed by atoms with van der Waals surface area (Å²) in [7, 11) is 1.74. The van der Waals surface area contributed by atoms with Crippen LogP contribution in [0, 0.1) is 23.7 Å². The summed E-state index contributed by atoms with van der Waals surface area (Å²) >= 11 is 0. The van der Waals surface area contributed by atoms with Crippen molar-refractivity contribution in [3.8, 4) is 6.07 Å². The van der Waals surface area contributed by atoms with Crippen LogP contribution < -0.4 is 0 Å². The molecule has 1 saturated carbocycles. The second-order valence-corrected chi connectivity index (χ2v) is 5.43. The van der Waals surface area contributed by atoms with Crippen LogP contribution in [0.25, 0.3) is 0 Å². The van der Waals surface area contributed by atoms with Crippen molar-refractivity contribution >= 4 is 5.91 Å². The summed E-state index contributed by atoms with van der Waals surface area (Å²) in [6.45, 7) is 2.30. The SMILES string of the molecule is Cc1ccc(CN(C)C(=O)C2(C#N)CCCCC2)o1. The first kappa shape index (κ1) is 13.7. The van der Waals surface area contributed by atoms with E-state index in [-0.39, 0.29) is 5.91 Å². The quantitative estimate of drug-likeness (QED) is 0.839. The molecule has 1 aromatic rings. The zero-order valence-corrected chi connectivity index (χ0v) is 11.6. The minimum absolute atomic E-state index is 0.0660. The Balaban J connectivity index is 2.07. The molecule has 4 nitrogen and oxygen atoms in total. The van der Waals surface area contributed by atoms with Gasteiger partial charge in [-0.05, 0) is 31.9 Å². The van der Waals surface area contributed by atoms with Crippen LogP contribution in [0.15, 0.2) is 16.5 Å². The molecule has 0 unspecified atom stereocenters. The van der Waals surface area contributed by atoms with E-state index in [0.29, 0.717) is 19.4 Å². The fourth-order valence-electron chi connectivity index (χ4n) is 2.77. The summed E-state index contributed by atoms with van der Waals surface area (Å²) in [4.78, 5) is 14.1. The monoisotopic (exact) mass is 260 g/mol. The summed E-state index contributed by atoms with van der Waals surface area (Å²) in [6, 6.07) is 6.02. The largest absolute Gasteiger partial charge is 0.464 e. The summed E-state index contributed by atoms with van der Waals surface area (Å²) in [6.07, 6.45) is 4.42. The fraction of sp³-hybridized carbons (Fsp3) is 0.600.